The van der Waals surface area contributed by atoms with E-state index in [1.165, 1.54) is 0 Å². The van der Waals surface area contributed by atoms with E-state index in [1.54, 1.807) is 42.1 Å². The van der Waals surface area contributed by atoms with Gasteiger partial charge >= 0.3 is 0 Å². The quantitative estimate of drug-likeness (QED) is 0.632. The van der Waals surface area contributed by atoms with Crippen molar-refractivity contribution in [1.82, 2.24) is 15.1 Å². The van der Waals surface area contributed by atoms with Crippen molar-refractivity contribution < 1.29 is 9.53 Å². The van der Waals surface area contributed by atoms with Crippen LogP contribution in [-0.2, 0) is 7.05 Å². The van der Waals surface area contributed by atoms with Gasteiger partial charge in [0.2, 0.25) is 0 Å². The fraction of sp³-hybridized carbons (Fsp3) is 0.286. The van der Waals surface area contributed by atoms with Crippen molar-refractivity contribution in [2.45, 2.75) is 6.92 Å². The highest BCUT2D eigenvalue weighted by molar-refractivity contribution is 5.92. The summed E-state index contributed by atoms with van der Waals surface area (Å²) < 4.78 is 7.05. The molecule has 2 aromatic rings. The summed E-state index contributed by atoms with van der Waals surface area (Å²) in [6, 6.07) is 8.87. The smallest absolute Gasteiger partial charge is 0.269 e. The topological polar surface area (TPSA) is 82.2 Å². The van der Waals surface area contributed by atoms with Gasteiger partial charge in [-0.2, -0.15) is 5.10 Å². The van der Waals surface area contributed by atoms with Crippen molar-refractivity contribution in [2.75, 3.05) is 18.9 Å². The highest BCUT2D eigenvalue weighted by Gasteiger charge is 2.10. The van der Waals surface area contributed by atoms with Crippen LogP contribution in [0.25, 0.3) is 0 Å². The minimum Gasteiger partial charge on any atom is -0.492 e. The van der Waals surface area contributed by atoms with E-state index in [4.69, 9.17) is 10.5 Å². The minimum atomic E-state index is -0.158. The Balaban J connectivity index is 1.77. The predicted molar refractivity (Wildman–Crippen MR) is 76.6 cm³/mol. The van der Waals surface area contributed by atoms with Crippen LogP contribution in [0, 0.1) is 6.92 Å². The second-order valence-corrected chi connectivity index (χ2v) is 4.47. The van der Waals surface area contributed by atoms with Crippen molar-refractivity contribution >= 4 is 11.6 Å². The lowest BCUT2D eigenvalue weighted by Gasteiger charge is -2.08. The van der Waals surface area contributed by atoms with E-state index < -0.39 is 0 Å². The van der Waals surface area contributed by atoms with E-state index in [-0.39, 0.29) is 5.91 Å². The van der Waals surface area contributed by atoms with Gasteiger partial charge in [-0.3, -0.25) is 9.48 Å². The van der Waals surface area contributed by atoms with Gasteiger partial charge in [0.15, 0.2) is 0 Å². The molecule has 2 rings (SSSR count). The van der Waals surface area contributed by atoms with Crippen LogP contribution >= 0.6 is 0 Å². The second kappa shape index (κ2) is 6.10. The van der Waals surface area contributed by atoms with Crippen LogP contribution in [0.1, 0.15) is 16.2 Å². The Morgan fingerprint density at radius 1 is 1.40 bits per heavy atom. The first kappa shape index (κ1) is 13.9. The molecular weight excluding hydrogens is 256 g/mol. The number of nitrogens with two attached hydrogens (primary N) is 1. The van der Waals surface area contributed by atoms with Crippen LogP contribution in [0.3, 0.4) is 0 Å². The Labute approximate surface area is 117 Å². The molecule has 6 heteroatoms. The molecule has 0 fully saturated rings. The summed E-state index contributed by atoms with van der Waals surface area (Å²) in [7, 11) is 1.74. The Hall–Kier alpha value is -2.50. The molecule has 0 aliphatic carbocycles. The van der Waals surface area contributed by atoms with Gasteiger partial charge in [-0.05, 0) is 37.3 Å². The molecule has 106 valence electrons. The van der Waals surface area contributed by atoms with E-state index in [0.717, 1.165) is 11.4 Å². The SMILES string of the molecule is Cc1cc(C(=O)NCCOc2ccc(N)cc2)n(C)n1. The first-order valence-electron chi connectivity index (χ1n) is 6.33. The Morgan fingerprint density at radius 3 is 2.70 bits per heavy atom. The lowest BCUT2D eigenvalue weighted by Crippen LogP contribution is -2.29. The molecule has 0 aliphatic rings. The number of carbonyl (C=O) groups excluding carboxylic acids is 1. The number of aromatic nitrogens is 2. The number of hydrogen-bond donors (Lipinski definition) is 2. The molecule has 0 saturated heterocycles. The summed E-state index contributed by atoms with van der Waals surface area (Å²) in [4.78, 5) is 11.9. The lowest BCUT2D eigenvalue weighted by atomic mass is 10.3. The van der Waals surface area contributed by atoms with Gasteiger partial charge in [0.1, 0.15) is 18.1 Å². The van der Waals surface area contributed by atoms with E-state index in [9.17, 15) is 4.79 Å². The number of amides is 1. The fourth-order valence-electron chi connectivity index (χ4n) is 1.81. The number of nitrogens with zero attached hydrogens (tertiary/aromatic N) is 2. The number of nitrogen functional groups attached to an aromatic ring is 1. The van der Waals surface area contributed by atoms with E-state index in [0.29, 0.717) is 24.5 Å². The highest BCUT2D eigenvalue weighted by atomic mass is 16.5. The van der Waals surface area contributed by atoms with Crippen molar-refractivity contribution in [2.24, 2.45) is 7.05 Å². The zero-order chi connectivity index (χ0) is 14.5. The Kier molecular flexibility index (Phi) is 4.24. The highest BCUT2D eigenvalue weighted by Crippen LogP contribution is 2.12. The maximum Gasteiger partial charge on any atom is 0.269 e. The molecule has 1 amide bonds. The molecule has 0 unspecified atom stereocenters. The van der Waals surface area contributed by atoms with Crippen molar-refractivity contribution in [1.29, 1.82) is 0 Å². The maximum atomic E-state index is 11.9. The first-order chi connectivity index (χ1) is 9.56. The summed E-state index contributed by atoms with van der Waals surface area (Å²) in [5.41, 5.74) is 7.63. The van der Waals surface area contributed by atoms with Crippen molar-refractivity contribution in [3.05, 3.63) is 41.7 Å². The first-order valence-corrected chi connectivity index (χ1v) is 6.33. The van der Waals surface area contributed by atoms with Crippen LogP contribution in [0.15, 0.2) is 30.3 Å². The molecule has 1 heterocycles. The van der Waals surface area contributed by atoms with Crippen LogP contribution in [0.4, 0.5) is 5.69 Å². The average Bonchev–Trinajstić information content (AvgIpc) is 2.75. The molecular formula is C14H18N4O2. The third kappa shape index (κ3) is 3.50. The van der Waals surface area contributed by atoms with E-state index >= 15 is 0 Å². The third-order valence-electron chi connectivity index (χ3n) is 2.77. The van der Waals surface area contributed by atoms with Crippen LogP contribution < -0.4 is 15.8 Å². The number of anilines is 1. The largest absolute Gasteiger partial charge is 0.492 e. The molecule has 0 atom stereocenters. The van der Waals surface area contributed by atoms with Gasteiger partial charge in [-0.15, -0.1) is 0 Å². The number of ether oxygens (including phenoxy) is 1. The predicted octanol–water partition coefficient (Wildman–Crippen LogP) is 1.12. The van der Waals surface area contributed by atoms with Gasteiger partial charge in [0.05, 0.1) is 12.2 Å². The van der Waals surface area contributed by atoms with Gasteiger partial charge in [0, 0.05) is 12.7 Å². The molecule has 1 aromatic heterocycles. The fourth-order valence-corrected chi connectivity index (χ4v) is 1.81. The van der Waals surface area contributed by atoms with E-state index in [1.807, 2.05) is 6.92 Å². The average molecular weight is 274 g/mol. The zero-order valence-corrected chi connectivity index (χ0v) is 11.6. The third-order valence-corrected chi connectivity index (χ3v) is 2.77. The molecule has 20 heavy (non-hydrogen) atoms. The van der Waals surface area contributed by atoms with Crippen LogP contribution in [0.5, 0.6) is 5.75 Å². The Morgan fingerprint density at radius 2 is 2.10 bits per heavy atom. The molecule has 6 nitrogen and oxygen atoms in total. The van der Waals surface area contributed by atoms with Gasteiger partial charge in [-0.1, -0.05) is 0 Å². The molecule has 0 radical (unpaired) electrons. The second-order valence-electron chi connectivity index (χ2n) is 4.47. The van der Waals surface area contributed by atoms with Gasteiger partial charge in [-0.25, -0.2) is 0 Å². The molecule has 0 spiro atoms. The van der Waals surface area contributed by atoms with Gasteiger partial charge < -0.3 is 15.8 Å². The van der Waals surface area contributed by atoms with Crippen molar-refractivity contribution in [3.8, 4) is 5.75 Å². The normalized spacial score (nSPS) is 10.3. The summed E-state index contributed by atoms with van der Waals surface area (Å²) in [6.07, 6.45) is 0. The minimum absolute atomic E-state index is 0.158. The summed E-state index contributed by atoms with van der Waals surface area (Å²) >= 11 is 0. The van der Waals surface area contributed by atoms with Crippen LogP contribution in [-0.4, -0.2) is 28.8 Å². The number of aryl methyl sites for hydroxylation is 2. The monoisotopic (exact) mass is 274 g/mol. The number of rotatable bonds is 5. The number of carbonyl (C=O) groups is 1. The van der Waals surface area contributed by atoms with Crippen molar-refractivity contribution in [3.63, 3.8) is 0 Å². The lowest BCUT2D eigenvalue weighted by molar-refractivity contribution is 0.0937. The van der Waals surface area contributed by atoms with E-state index in [2.05, 4.69) is 10.4 Å². The van der Waals surface area contributed by atoms with Crippen LogP contribution in [0.2, 0.25) is 0 Å². The summed E-state index contributed by atoms with van der Waals surface area (Å²) in [6.45, 7) is 2.67. The Bertz CT molecular complexity index is 590. The summed E-state index contributed by atoms with van der Waals surface area (Å²) in [5.74, 6) is 0.568. The number of benzene rings is 1. The molecule has 0 saturated carbocycles. The molecule has 1 aromatic carbocycles. The zero-order valence-electron chi connectivity index (χ0n) is 11.6. The number of nitrogens with one attached hydrogen (secondary N) is 1. The number of hydrogen-bond acceptors (Lipinski definition) is 4. The molecule has 0 bridgehead atoms. The molecule has 3 N–H and O–H groups in total. The standard InChI is InChI=1S/C14H18N4O2/c1-10-9-13(18(2)17-10)14(19)16-7-8-20-12-5-3-11(15)4-6-12/h3-6,9H,7-8,15H2,1-2H3,(H,16,19). The molecule has 0 aliphatic heterocycles. The summed E-state index contributed by atoms with van der Waals surface area (Å²) in [5, 5.41) is 6.91. The maximum absolute atomic E-state index is 11.9. The van der Waals surface area contributed by atoms with Gasteiger partial charge in [0.25, 0.3) is 5.91 Å².